The number of aromatic nitrogens is 1. The molecule has 4 rings (SSSR count). The van der Waals surface area contributed by atoms with E-state index in [0.29, 0.717) is 43.5 Å². The molecule has 36 heavy (non-hydrogen) atoms. The molecular weight excluding hydrogens is 476 g/mol. The summed E-state index contributed by atoms with van der Waals surface area (Å²) < 4.78 is 10.8. The van der Waals surface area contributed by atoms with Gasteiger partial charge in [0.2, 0.25) is 0 Å². The molecule has 1 aromatic carbocycles. The summed E-state index contributed by atoms with van der Waals surface area (Å²) in [7, 11) is 0. The maximum Gasteiger partial charge on any atom is 0.410 e. The molecule has 192 valence electrons. The number of piperidine rings is 1. The highest BCUT2D eigenvalue weighted by Crippen LogP contribution is 2.45. The quantitative estimate of drug-likeness (QED) is 0.418. The second-order valence-electron chi connectivity index (χ2n) is 10.5. The average molecular weight is 511 g/mol. The van der Waals surface area contributed by atoms with Crippen LogP contribution in [0, 0.1) is 5.92 Å². The fourth-order valence-electron chi connectivity index (χ4n) is 5.20. The third-order valence-electron chi connectivity index (χ3n) is 6.76. The molecule has 1 saturated heterocycles. The molecule has 1 amide bonds. The summed E-state index contributed by atoms with van der Waals surface area (Å²) >= 11 is 6.47. The summed E-state index contributed by atoms with van der Waals surface area (Å²) in [6.07, 6.45) is 6.29. The van der Waals surface area contributed by atoms with E-state index in [1.54, 1.807) is 0 Å². The van der Waals surface area contributed by atoms with Crippen molar-refractivity contribution >= 4 is 35.3 Å². The van der Waals surface area contributed by atoms with Gasteiger partial charge in [0.25, 0.3) is 0 Å². The van der Waals surface area contributed by atoms with Crippen LogP contribution in [0.4, 0.5) is 4.79 Å². The van der Waals surface area contributed by atoms with Crippen LogP contribution in [-0.2, 0) is 14.3 Å². The summed E-state index contributed by atoms with van der Waals surface area (Å²) in [5.74, 6) is 0.157. The Hall–Kier alpha value is -2.86. The van der Waals surface area contributed by atoms with E-state index < -0.39 is 5.60 Å². The van der Waals surface area contributed by atoms with Crippen molar-refractivity contribution in [3.05, 3.63) is 63.9 Å². The van der Waals surface area contributed by atoms with E-state index in [-0.39, 0.29) is 18.0 Å². The zero-order valence-corrected chi connectivity index (χ0v) is 22.3. The van der Waals surface area contributed by atoms with Crippen molar-refractivity contribution in [3.63, 3.8) is 0 Å². The number of hydrogen-bond donors (Lipinski definition) is 0. The highest BCUT2D eigenvalue weighted by molar-refractivity contribution is 6.30. The normalized spacial score (nSPS) is 18.0. The number of benzene rings is 1. The van der Waals surface area contributed by atoms with Crippen LogP contribution in [0.15, 0.2) is 36.5 Å². The third-order valence-corrected chi connectivity index (χ3v) is 6.99. The molecule has 0 saturated carbocycles. The fourth-order valence-corrected chi connectivity index (χ4v) is 5.37. The van der Waals surface area contributed by atoms with Gasteiger partial charge in [0.15, 0.2) is 0 Å². The van der Waals surface area contributed by atoms with Gasteiger partial charge in [-0.1, -0.05) is 23.7 Å². The lowest BCUT2D eigenvalue weighted by Crippen LogP contribution is -2.42. The van der Waals surface area contributed by atoms with Crippen LogP contribution in [0.2, 0.25) is 5.02 Å². The van der Waals surface area contributed by atoms with E-state index in [9.17, 15) is 9.59 Å². The van der Waals surface area contributed by atoms with E-state index in [1.807, 2.05) is 57.0 Å². The lowest BCUT2D eigenvalue weighted by molar-refractivity contribution is -0.142. The number of pyridine rings is 1. The number of ether oxygens (including phenoxy) is 2. The van der Waals surface area contributed by atoms with E-state index >= 15 is 0 Å². The lowest BCUT2D eigenvalue weighted by Gasteiger charge is -2.37. The minimum atomic E-state index is -0.512. The van der Waals surface area contributed by atoms with Gasteiger partial charge in [0.05, 0.1) is 12.3 Å². The molecule has 0 spiro atoms. The molecule has 1 unspecified atom stereocenters. The number of amides is 1. The Morgan fingerprint density at radius 2 is 1.92 bits per heavy atom. The Kier molecular flexibility index (Phi) is 8.04. The van der Waals surface area contributed by atoms with Crippen molar-refractivity contribution in [2.45, 2.75) is 64.9 Å². The average Bonchev–Trinajstić information content (AvgIpc) is 2.96. The summed E-state index contributed by atoms with van der Waals surface area (Å²) in [5.41, 5.74) is 4.86. The van der Waals surface area contributed by atoms with Crippen LogP contribution < -0.4 is 0 Å². The SMILES string of the molecule is CCOC(=O)CCC1=Cc2cccnc2C(C2CCN(C(=O)OC(C)(C)C)CC2)c2ccc(Cl)cc21. The maximum atomic E-state index is 12.6. The number of fused-ring (bicyclic) bond motifs is 2. The highest BCUT2D eigenvalue weighted by Gasteiger charge is 2.36. The first-order valence-corrected chi connectivity index (χ1v) is 13.1. The fraction of sp³-hybridized carbons (Fsp3) is 0.483. The first kappa shape index (κ1) is 26.2. The van der Waals surface area contributed by atoms with E-state index in [0.717, 1.165) is 35.2 Å². The van der Waals surface area contributed by atoms with Gasteiger partial charge < -0.3 is 14.4 Å². The Morgan fingerprint density at radius 1 is 1.17 bits per heavy atom. The zero-order valence-electron chi connectivity index (χ0n) is 21.6. The van der Waals surface area contributed by atoms with E-state index in [4.69, 9.17) is 26.1 Å². The number of likely N-dealkylation sites (tertiary alicyclic amines) is 1. The molecule has 7 heteroatoms. The first-order chi connectivity index (χ1) is 17.2. The highest BCUT2D eigenvalue weighted by atomic mass is 35.5. The van der Waals surface area contributed by atoms with Crippen molar-refractivity contribution < 1.29 is 19.1 Å². The molecule has 6 nitrogen and oxygen atoms in total. The van der Waals surface area contributed by atoms with Crippen molar-refractivity contribution in [2.75, 3.05) is 19.7 Å². The van der Waals surface area contributed by atoms with Gasteiger partial charge in [-0.15, -0.1) is 0 Å². The number of allylic oxidation sites excluding steroid dienone is 1. The van der Waals surface area contributed by atoms with Gasteiger partial charge in [0, 0.05) is 36.6 Å². The standard InChI is InChI=1S/C29H35ClN2O4/c1-5-35-25(33)11-8-20-17-21-7-6-14-31-27(21)26(23-10-9-22(30)18-24(20)23)19-12-15-32(16-13-19)28(34)36-29(2,3)4/h6-7,9-10,14,17-19,26H,5,8,11-13,15-16H2,1-4H3. The Balaban J connectivity index is 1.65. The van der Waals surface area contributed by atoms with Crippen molar-refractivity contribution in [1.29, 1.82) is 0 Å². The topological polar surface area (TPSA) is 68.7 Å². The van der Waals surface area contributed by atoms with E-state index in [1.165, 1.54) is 5.56 Å². The van der Waals surface area contributed by atoms with Crippen LogP contribution >= 0.6 is 11.6 Å². The zero-order chi connectivity index (χ0) is 25.9. The molecule has 1 aliphatic carbocycles. The molecule has 2 aromatic rings. The van der Waals surface area contributed by atoms with Crippen molar-refractivity contribution in [1.82, 2.24) is 9.88 Å². The maximum absolute atomic E-state index is 12.6. The molecule has 1 atom stereocenters. The monoisotopic (exact) mass is 510 g/mol. The van der Waals surface area contributed by atoms with E-state index in [2.05, 4.69) is 18.2 Å². The van der Waals surface area contributed by atoms with Crippen LogP contribution in [0.1, 0.15) is 81.7 Å². The number of esters is 1. The van der Waals surface area contributed by atoms with Gasteiger partial charge in [-0.05, 0) is 99.4 Å². The molecule has 0 bridgehead atoms. The molecule has 0 radical (unpaired) electrons. The van der Waals surface area contributed by atoms with Crippen LogP contribution in [0.5, 0.6) is 0 Å². The number of hydrogen-bond acceptors (Lipinski definition) is 5. The van der Waals surface area contributed by atoms with Crippen molar-refractivity contribution in [2.24, 2.45) is 5.92 Å². The van der Waals surface area contributed by atoms with Crippen molar-refractivity contribution in [3.8, 4) is 0 Å². The predicted molar refractivity (Wildman–Crippen MR) is 142 cm³/mol. The third kappa shape index (κ3) is 6.09. The molecule has 0 N–H and O–H groups in total. The number of carbonyl (C=O) groups is 2. The van der Waals surface area contributed by atoms with Crippen LogP contribution in [0.25, 0.3) is 11.6 Å². The van der Waals surface area contributed by atoms with Crippen LogP contribution in [-0.4, -0.2) is 47.2 Å². The summed E-state index contributed by atoms with van der Waals surface area (Å²) in [6.45, 7) is 9.14. The number of carbonyl (C=O) groups excluding carboxylic acids is 2. The van der Waals surface area contributed by atoms with Gasteiger partial charge in [-0.25, -0.2) is 4.79 Å². The lowest BCUT2D eigenvalue weighted by atomic mass is 9.76. The first-order valence-electron chi connectivity index (χ1n) is 12.7. The molecule has 1 aromatic heterocycles. The number of halogens is 1. The number of nitrogens with zero attached hydrogens (tertiary/aromatic N) is 2. The molecule has 2 heterocycles. The second kappa shape index (κ2) is 11.0. The largest absolute Gasteiger partial charge is 0.466 e. The Morgan fingerprint density at radius 3 is 2.61 bits per heavy atom. The molecule has 1 aliphatic heterocycles. The molecular formula is C29H35ClN2O4. The van der Waals surface area contributed by atoms with Gasteiger partial charge >= 0.3 is 12.1 Å². The summed E-state index contributed by atoms with van der Waals surface area (Å²) in [6, 6.07) is 10.1. The number of rotatable bonds is 5. The second-order valence-corrected chi connectivity index (χ2v) is 10.9. The summed E-state index contributed by atoms with van der Waals surface area (Å²) in [4.78, 5) is 31.4. The van der Waals surface area contributed by atoms with Gasteiger partial charge in [-0.3, -0.25) is 9.78 Å². The molecule has 1 fully saturated rings. The van der Waals surface area contributed by atoms with Gasteiger partial charge in [-0.2, -0.15) is 0 Å². The summed E-state index contributed by atoms with van der Waals surface area (Å²) in [5, 5.41) is 0.660. The van der Waals surface area contributed by atoms with Gasteiger partial charge in [0.1, 0.15) is 5.60 Å². The minimum absolute atomic E-state index is 0.0607. The minimum Gasteiger partial charge on any atom is -0.466 e. The predicted octanol–water partition coefficient (Wildman–Crippen LogP) is 6.71. The molecule has 2 aliphatic rings. The Bertz CT molecular complexity index is 1150. The smallest absolute Gasteiger partial charge is 0.410 e. The van der Waals surface area contributed by atoms with Crippen LogP contribution in [0.3, 0.4) is 0 Å². The Labute approximate surface area is 218 Å².